The third-order valence-electron chi connectivity index (χ3n) is 4.01. The summed E-state index contributed by atoms with van der Waals surface area (Å²) in [6, 6.07) is 12.0. The predicted octanol–water partition coefficient (Wildman–Crippen LogP) is 0.686. The summed E-state index contributed by atoms with van der Waals surface area (Å²) in [5.74, 6) is -0.946. The Kier molecular flexibility index (Phi) is 5.15. The number of imide groups is 1. The van der Waals surface area contributed by atoms with Crippen molar-refractivity contribution in [2.24, 2.45) is 0 Å². The molecule has 0 bridgehead atoms. The molecule has 2 heterocycles. The second-order valence-corrected chi connectivity index (χ2v) is 5.71. The van der Waals surface area contributed by atoms with E-state index in [0.29, 0.717) is 18.5 Å². The summed E-state index contributed by atoms with van der Waals surface area (Å²) in [5.41, 5.74) is 6.60. The molecule has 1 aliphatic rings. The van der Waals surface area contributed by atoms with Gasteiger partial charge in [-0.1, -0.05) is 30.3 Å². The summed E-state index contributed by atoms with van der Waals surface area (Å²) in [5, 5.41) is 0. The number of pyridine rings is 1. The maximum atomic E-state index is 12.4. The molecule has 0 radical (unpaired) electrons. The van der Waals surface area contributed by atoms with Crippen molar-refractivity contribution in [2.75, 3.05) is 6.54 Å². The van der Waals surface area contributed by atoms with Crippen molar-refractivity contribution in [3.63, 3.8) is 0 Å². The van der Waals surface area contributed by atoms with Gasteiger partial charge in [0.05, 0.1) is 6.42 Å². The summed E-state index contributed by atoms with van der Waals surface area (Å²) in [6.07, 6.45) is 3.65. The van der Waals surface area contributed by atoms with Crippen LogP contribution in [0.1, 0.15) is 22.3 Å². The molecule has 128 valence electrons. The fourth-order valence-corrected chi connectivity index (χ4v) is 2.64. The van der Waals surface area contributed by atoms with Gasteiger partial charge in [0.15, 0.2) is 0 Å². The second kappa shape index (κ2) is 7.67. The van der Waals surface area contributed by atoms with Gasteiger partial charge < -0.3 is 0 Å². The SMILES string of the molecule is O=C(NN[C@H]1CC(=O)N(CCc2ccccc2)C1=O)c1ccncc1. The standard InChI is InChI=1S/C18H18N4O3/c23-16-12-15(20-21-17(24)14-6-9-19-10-7-14)18(25)22(16)11-8-13-4-2-1-3-5-13/h1-7,9-10,15,20H,8,11-12H2,(H,21,24)/t15-/m0/s1. The van der Waals surface area contributed by atoms with Gasteiger partial charge in [-0.05, 0) is 24.1 Å². The van der Waals surface area contributed by atoms with E-state index in [0.717, 1.165) is 5.56 Å². The molecule has 1 saturated heterocycles. The quantitative estimate of drug-likeness (QED) is 0.597. The van der Waals surface area contributed by atoms with Crippen molar-refractivity contribution in [1.82, 2.24) is 20.7 Å². The largest absolute Gasteiger partial charge is 0.287 e. The summed E-state index contributed by atoms with van der Waals surface area (Å²) >= 11 is 0. The average Bonchev–Trinajstić information content (AvgIpc) is 2.93. The van der Waals surface area contributed by atoms with Crippen LogP contribution in [0.4, 0.5) is 0 Å². The Morgan fingerprint density at radius 3 is 2.56 bits per heavy atom. The molecule has 1 fully saturated rings. The lowest BCUT2D eigenvalue weighted by molar-refractivity contribution is -0.138. The van der Waals surface area contributed by atoms with Gasteiger partial charge in [0.1, 0.15) is 6.04 Å². The van der Waals surface area contributed by atoms with Crippen LogP contribution in [0.15, 0.2) is 54.9 Å². The Morgan fingerprint density at radius 1 is 1.12 bits per heavy atom. The summed E-state index contributed by atoms with van der Waals surface area (Å²) in [4.78, 5) is 41.5. The molecular formula is C18H18N4O3. The van der Waals surface area contributed by atoms with Crippen molar-refractivity contribution in [3.8, 4) is 0 Å². The zero-order chi connectivity index (χ0) is 17.6. The van der Waals surface area contributed by atoms with E-state index in [4.69, 9.17) is 0 Å². The lowest BCUT2D eigenvalue weighted by atomic mass is 10.1. The van der Waals surface area contributed by atoms with Crippen LogP contribution in [0, 0.1) is 0 Å². The maximum absolute atomic E-state index is 12.4. The lowest BCUT2D eigenvalue weighted by Gasteiger charge is -2.16. The van der Waals surface area contributed by atoms with Gasteiger partial charge in [-0.3, -0.25) is 29.7 Å². The number of amides is 3. The molecule has 0 saturated carbocycles. The molecule has 1 aliphatic heterocycles. The third kappa shape index (κ3) is 4.07. The highest BCUT2D eigenvalue weighted by molar-refractivity contribution is 6.05. The molecule has 1 atom stereocenters. The van der Waals surface area contributed by atoms with E-state index in [1.807, 2.05) is 30.3 Å². The molecule has 3 rings (SSSR count). The van der Waals surface area contributed by atoms with Crippen molar-refractivity contribution < 1.29 is 14.4 Å². The molecule has 0 aliphatic carbocycles. The Balaban J connectivity index is 1.53. The van der Waals surface area contributed by atoms with E-state index < -0.39 is 6.04 Å². The first kappa shape index (κ1) is 16.8. The van der Waals surface area contributed by atoms with Gasteiger partial charge in [-0.15, -0.1) is 0 Å². The van der Waals surface area contributed by atoms with Gasteiger partial charge in [0.2, 0.25) is 11.8 Å². The van der Waals surface area contributed by atoms with Crippen LogP contribution >= 0.6 is 0 Å². The summed E-state index contributed by atoms with van der Waals surface area (Å²) in [6.45, 7) is 0.332. The topological polar surface area (TPSA) is 91.4 Å². The van der Waals surface area contributed by atoms with Crippen LogP contribution < -0.4 is 10.9 Å². The van der Waals surface area contributed by atoms with Crippen molar-refractivity contribution in [1.29, 1.82) is 0 Å². The number of hydrazine groups is 1. The van der Waals surface area contributed by atoms with Crippen LogP contribution in [0.5, 0.6) is 0 Å². The minimum Gasteiger partial charge on any atom is -0.287 e. The number of aromatic nitrogens is 1. The van der Waals surface area contributed by atoms with Crippen LogP contribution in [0.3, 0.4) is 0 Å². The Labute approximate surface area is 145 Å². The van der Waals surface area contributed by atoms with Gasteiger partial charge in [-0.2, -0.15) is 0 Å². The number of benzene rings is 1. The zero-order valence-electron chi connectivity index (χ0n) is 13.5. The molecule has 0 unspecified atom stereocenters. The molecule has 7 heteroatoms. The highest BCUT2D eigenvalue weighted by Gasteiger charge is 2.38. The number of likely N-dealkylation sites (tertiary alicyclic amines) is 1. The molecule has 3 amide bonds. The van der Waals surface area contributed by atoms with Crippen LogP contribution in [0.2, 0.25) is 0 Å². The first-order chi connectivity index (χ1) is 12.1. The second-order valence-electron chi connectivity index (χ2n) is 5.71. The number of carbonyl (C=O) groups excluding carboxylic acids is 3. The first-order valence-electron chi connectivity index (χ1n) is 7.99. The fraction of sp³-hybridized carbons (Fsp3) is 0.222. The van der Waals surface area contributed by atoms with Crippen molar-refractivity contribution in [3.05, 3.63) is 66.0 Å². The van der Waals surface area contributed by atoms with Crippen LogP contribution in [0.25, 0.3) is 0 Å². The number of hydrogen-bond acceptors (Lipinski definition) is 5. The molecule has 2 aromatic rings. The molecule has 1 aromatic heterocycles. The third-order valence-corrected chi connectivity index (χ3v) is 4.01. The highest BCUT2D eigenvalue weighted by Crippen LogP contribution is 2.14. The maximum Gasteiger partial charge on any atom is 0.265 e. The van der Waals surface area contributed by atoms with Gasteiger partial charge in [0.25, 0.3) is 5.91 Å². The monoisotopic (exact) mass is 338 g/mol. The van der Waals surface area contributed by atoms with Crippen LogP contribution in [-0.4, -0.2) is 40.2 Å². The summed E-state index contributed by atoms with van der Waals surface area (Å²) < 4.78 is 0. The van der Waals surface area contributed by atoms with Gasteiger partial charge in [0, 0.05) is 24.5 Å². The Hall–Kier alpha value is -3.06. The van der Waals surface area contributed by atoms with E-state index in [9.17, 15) is 14.4 Å². The van der Waals surface area contributed by atoms with Crippen molar-refractivity contribution >= 4 is 17.7 Å². The number of rotatable bonds is 6. The number of hydrogen-bond donors (Lipinski definition) is 2. The van der Waals surface area contributed by atoms with E-state index in [2.05, 4.69) is 15.8 Å². The van der Waals surface area contributed by atoms with E-state index in [1.54, 1.807) is 12.1 Å². The number of nitrogens with zero attached hydrogens (tertiary/aromatic N) is 2. The number of carbonyl (C=O) groups is 3. The van der Waals surface area contributed by atoms with Gasteiger partial charge in [-0.25, -0.2) is 5.43 Å². The Bertz CT molecular complexity index is 764. The van der Waals surface area contributed by atoms with E-state index in [1.165, 1.54) is 17.3 Å². The minimum absolute atomic E-state index is 0.0320. The number of nitrogens with one attached hydrogen (secondary N) is 2. The molecule has 0 spiro atoms. The molecule has 7 nitrogen and oxygen atoms in total. The molecular weight excluding hydrogens is 320 g/mol. The highest BCUT2D eigenvalue weighted by atomic mass is 16.2. The average molecular weight is 338 g/mol. The molecule has 2 N–H and O–H groups in total. The fourth-order valence-electron chi connectivity index (χ4n) is 2.64. The van der Waals surface area contributed by atoms with E-state index >= 15 is 0 Å². The normalized spacial score (nSPS) is 17.0. The predicted molar refractivity (Wildman–Crippen MR) is 90.1 cm³/mol. The smallest absolute Gasteiger partial charge is 0.265 e. The summed E-state index contributed by atoms with van der Waals surface area (Å²) in [7, 11) is 0. The first-order valence-corrected chi connectivity index (χ1v) is 7.99. The van der Waals surface area contributed by atoms with Crippen LogP contribution in [-0.2, 0) is 16.0 Å². The van der Waals surface area contributed by atoms with Crippen molar-refractivity contribution in [2.45, 2.75) is 18.9 Å². The zero-order valence-corrected chi connectivity index (χ0v) is 13.5. The minimum atomic E-state index is -0.742. The van der Waals surface area contributed by atoms with E-state index in [-0.39, 0.29) is 24.1 Å². The molecule has 25 heavy (non-hydrogen) atoms. The van der Waals surface area contributed by atoms with Gasteiger partial charge >= 0.3 is 0 Å². The Morgan fingerprint density at radius 2 is 1.84 bits per heavy atom. The molecule has 1 aromatic carbocycles. The lowest BCUT2D eigenvalue weighted by Crippen LogP contribution is -2.48.